The van der Waals surface area contributed by atoms with Gasteiger partial charge in [-0.1, -0.05) is 0 Å². The first-order valence-electron chi connectivity index (χ1n) is 5.39. The average Bonchev–Trinajstić information content (AvgIpc) is 2.23. The molecule has 92 valence electrons. The molecule has 17 heavy (non-hydrogen) atoms. The fourth-order valence-electron chi connectivity index (χ4n) is 1.62. The number of ether oxygens (including phenoxy) is 2. The maximum absolute atomic E-state index is 11.0. The number of carboxylic acids is 1. The standard InChI is InChI=1S/C12H13BrO4/c1-16-10-6-9(13)8(12(14)15)5-11(10)17-7-3-2-4-7/h5-7H,2-4H2,1H3,(H,14,15). The molecule has 1 aromatic rings. The molecule has 2 rings (SSSR count). The van der Waals surface area contributed by atoms with Gasteiger partial charge in [0, 0.05) is 4.47 Å². The summed E-state index contributed by atoms with van der Waals surface area (Å²) >= 11 is 3.20. The van der Waals surface area contributed by atoms with Gasteiger partial charge in [0.2, 0.25) is 0 Å². The monoisotopic (exact) mass is 300 g/mol. The highest BCUT2D eigenvalue weighted by molar-refractivity contribution is 9.10. The van der Waals surface area contributed by atoms with Crippen molar-refractivity contribution in [1.82, 2.24) is 0 Å². The van der Waals surface area contributed by atoms with Crippen LogP contribution in [-0.4, -0.2) is 24.3 Å². The van der Waals surface area contributed by atoms with Crippen molar-refractivity contribution in [3.05, 3.63) is 22.2 Å². The molecule has 1 fully saturated rings. The Bertz CT molecular complexity index is 440. The Morgan fingerprint density at radius 3 is 2.59 bits per heavy atom. The van der Waals surface area contributed by atoms with Crippen molar-refractivity contribution in [1.29, 1.82) is 0 Å². The Labute approximate surface area is 108 Å². The van der Waals surface area contributed by atoms with Gasteiger partial charge in [-0.15, -0.1) is 0 Å². The van der Waals surface area contributed by atoms with Crippen LogP contribution in [0.3, 0.4) is 0 Å². The Morgan fingerprint density at radius 1 is 1.41 bits per heavy atom. The van der Waals surface area contributed by atoms with Crippen molar-refractivity contribution < 1.29 is 19.4 Å². The molecule has 0 aromatic heterocycles. The van der Waals surface area contributed by atoms with E-state index in [1.54, 1.807) is 6.07 Å². The van der Waals surface area contributed by atoms with Crippen LogP contribution in [0.4, 0.5) is 0 Å². The molecular weight excluding hydrogens is 288 g/mol. The number of aromatic carboxylic acids is 1. The fourth-order valence-corrected chi connectivity index (χ4v) is 2.11. The lowest BCUT2D eigenvalue weighted by Crippen LogP contribution is -2.24. The van der Waals surface area contributed by atoms with Gasteiger partial charge in [-0.25, -0.2) is 4.79 Å². The van der Waals surface area contributed by atoms with Gasteiger partial charge >= 0.3 is 5.97 Å². The Hall–Kier alpha value is -1.23. The maximum Gasteiger partial charge on any atom is 0.336 e. The summed E-state index contributed by atoms with van der Waals surface area (Å²) in [6, 6.07) is 3.13. The van der Waals surface area contributed by atoms with Crippen LogP contribution in [0, 0.1) is 0 Å². The second-order valence-corrected chi connectivity index (χ2v) is 4.81. The number of carboxylic acid groups (broad SMARTS) is 1. The van der Waals surface area contributed by atoms with E-state index < -0.39 is 5.97 Å². The molecule has 0 heterocycles. The maximum atomic E-state index is 11.0. The molecule has 0 radical (unpaired) electrons. The van der Waals surface area contributed by atoms with Crippen LogP contribution in [0.15, 0.2) is 16.6 Å². The topological polar surface area (TPSA) is 55.8 Å². The minimum atomic E-state index is -0.988. The van der Waals surface area contributed by atoms with Crippen molar-refractivity contribution in [3.63, 3.8) is 0 Å². The number of benzene rings is 1. The molecule has 5 heteroatoms. The summed E-state index contributed by atoms with van der Waals surface area (Å²) in [5.41, 5.74) is 0.181. The van der Waals surface area contributed by atoms with Crippen molar-refractivity contribution in [2.24, 2.45) is 0 Å². The summed E-state index contributed by atoms with van der Waals surface area (Å²) in [7, 11) is 1.54. The van der Waals surface area contributed by atoms with Gasteiger partial charge in [-0.2, -0.15) is 0 Å². The van der Waals surface area contributed by atoms with Crippen LogP contribution in [0.2, 0.25) is 0 Å². The predicted octanol–water partition coefficient (Wildman–Crippen LogP) is 3.09. The van der Waals surface area contributed by atoms with Crippen molar-refractivity contribution in [2.45, 2.75) is 25.4 Å². The SMILES string of the molecule is COc1cc(Br)c(C(=O)O)cc1OC1CCC1. The molecule has 0 amide bonds. The second-order valence-electron chi connectivity index (χ2n) is 3.96. The molecule has 1 N–H and O–H groups in total. The van der Waals surface area contributed by atoms with Crippen molar-refractivity contribution in [2.75, 3.05) is 7.11 Å². The smallest absolute Gasteiger partial charge is 0.336 e. The molecule has 1 aromatic carbocycles. The van der Waals surface area contributed by atoms with Gasteiger partial charge in [0.05, 0.1) is 18.8 Å². The van der Waals surface area contributed by atoms with Gasteiger partial charge in [0.15, 0.2) is 11.5 Å². The normalized spacial score (nSPS) is 15.2. The quantitative estimate of drug-likeness (QED) is 0.928. The Kier molecular flexibility index (Phi) is 3.57. The molecule has 0 atom stereocenters. The number of halogens is 1. The van der Waals surface area contributed by atoms with Crippen LogP contribution < -0.4 is 9.47 Å². The minimum Gasteiger partial charge on any atom is -0.493 e. The van der Waals surface area contributed by atoms with Crippen LogP contribution >= 0.6 is 15.9 Å². The molecule has 0 bridgehead atoms. The number of rotatable bonds is 4. The highest BCUT2D eigenvalue weighted by Crippen LogP contribution is 2.36. The first kappa shape index (κ1) is 12.2. The van der Waals surface area contributed by atoms with E-state index >= 15 is 0 Å². The van der Waals surface area contributed by atoms with E-state index in [1.807, 2.05) is 0 Å². The summed E-state index contributed by atoms with van der Waals surface area (Å²) in [6.07, 6.45) is 3.38. The molecule has 0 saturated heterocycles. The van der Waals surface area contributed by atoms with Gasteiger partial charge in [0.25, 0.3) is 0 Å². The van der Waals surface area contributed by atoms with E-state index in [1.165, 1.54) is 13.2 Å². The molecule has 4 nitrogen and oxygen atoms in total. The van der Waals surface area contributed by atoms with E-state index in [9.17, 15) is 4.79 Å². The molecule has 1 aliphatic rings. The summed E-state index contributed by atoms with van der Waals surface area (Å²) in [6.45, 7) is 0. The van der Waals surface area contributed by atoms with Crippen LogP contribution in [0.1, 0.15) is 29.6 Å². The minimum absolute atomic E-state index is 0.181. The summed E-state index contributed by atoms with van der Waals surface area (Å²) in [5, 5.41) is 9.03. The molecule has 1 aliphatic carbocycles. The van der Waals surface area contributed by atoms with E-state index in [0.29, 0.717) is 16.0 Å². The average molecular weight is 301 g/mol. The fraction of sp³-hybridized carbons (Fsp3) is 0.417. The summed E-state index contributed by atoms with van der Waals surface area (Å²) in [4.78, 5) is 11.0. The van der Waals surface area contributed by atoms with E-state index in [-0.39, 0.29) is 11.7 Å². The zero-order chi connectivity index (χ0) is 12.4. The third-order valence-corrected chi connectivity index (χ3v) is 3.49. The molecule has 0 unspecified atom stereocenters. The number of hydrogen-bond donors (Lipinski definition) is 1. The van der Waals surface area contributed by atoms with E-state index in [4.69, 9.17) is 14.6 Å². The zero-order valence-electron chi connectivity index (χ0n) is 9.40. The largest absolute Gasteiger partial charge is 0.493 e. The third-order valence-electron chi connectivity index (χ3n) is 2.83. The second kappa shape index (κ2) is 4.96. The lowest BCUT2D eigenvalue weighted by Gasteiger charge is -2.27. The van der Waals surface area contributed by atoms with E-state index in [2.05, 4.69) is 15.9 Å². The molecular formula is C12H13BrO4. The predicted molar refractivity (Wildman–Crippen MR) is 65.9 cm³/mol. The van der Waals surface area contributed by atoms with Gasteiger partial charge in [-0.05, 0) is 47.3 Å². The molecule has 0 aliphatic heterocycles. The number of carbonyl (C=O) groups is 1. The first-order chi connectivity index (χ1) is 8.11. The number of methoxy groups -OCH3 is 1. The highest BCUT2D eigenvalue weighted by Gasteiger charge is 2.22. The van der Waals surface area contributed by atoms with Gasteiger partial charge < -0.3 is 14.6 Å². The Morgan fingerprint density at radius 2 is 2.12 bits per heavy atom. The van der Waals surface area contributed by atoms with Gasteiger partial charge in [0.1, 0.15) is 0 Å². The zero-order valence-corrected chi connectivity index (χ0v) is 11.0. The van der Waals surface area contributed by atoms with Crippen molar-refractivity contribution in [3.8, 4) is 11.5 Å². The third kappa shape index (κ3) is 2.54. The summed E-state index contributed by atoms with van der Waals surface area (Å²) < 4.78 is 11.4. The van der Waals surface area contributed by atoms with Gasteiger partial charge in [-0.3, -0.25) is 0 Å². The molecule has 1 saturated carbocycles. The van der Waals surface area contributed by atoms with E-state index in [0.717, 1.165) is 19.3 Å². The van der Waals surface area contributed by atoms with Crippen LogP contribution in [0.25, 0.3) is 0 Å². The number of hydrogen-bond acceptors (Lipinski definition) is 3. The van der Waals surface area contributed by atoms with Crippen LogP contribution in [0.5, 0.6) is 11.5 Å². The molecule has 0 spiro atoms. The Balaban J connectivity index is 2.32. The van der Waals surface area contributed by atoms with Crippen LogP contribution in [-0.2, 0) is 0 Å². The summed E-state index contributed by atoms with van der Waals surface area (Å²) in [5.74, 6) is 0.0598. The lowest BCUT2D eigenvalue weighted by atomic mass is 9.96. The van der Waals surface area contributed by atoms with Crippen molar-refractivity contribution >= 4 is 21.9 Å². The lowest BCUT2D eigenvalue weighted by molar-refractivity contribution is 0.0693. The highest BCUT2D eigenvalue weighted by atomic mass is 79.9. The first-order valence-corrected chi connectivity index (χ1v) is 6.18.